The molecule has 0 radical (unpaired) electrons. The van der Waals surface area contributed by atoms with E-state index in [0.29, 0.717) is 29.4 Å². The Kier molecular flexibility index (Phi) is 7.42. The Hall–Kier alpha value is -4.59. The third kappa shape index (κ3) is 6.05. The number of carbonyl (C=O) groups excluding carboxylic acids is 1. The molecule has 1 aromatic heterocycles. The predicted molar refractivity (Wildman–Crippen MR) is 134 cm³/mol. The molecular formula is C27H26N4O4. The Labute approximate surface area is 203 Å². The van der Waals surface area contributed by atoms with E-state index in [1.165, 1.54) is 11.8 Å². The van der Waals surface area contributed by atoms with Crippen molar-refractivity contribution in [3.63, 3.8) is 0 Å². The van der Waals surface area contributed by atoms with Gasteiger partial charge in [0, 0.05) is 11.1 Å². The lowest BCUT2D eigenvalue weighted by atomic mass is 10.1. The quantitative estimate of drug-likeness (QED) is 0.272. The normalized spacial score (nSPS) is 10.8. The molecular weight excluding hydrogens is 444 g/mol. The third-order valence-electron chi connectivity index (χ3n) is 5.31. The van der Waals surface area contributed by atoms with Gasteiger partial charge in [0.15, 0.2) is 0 Å². The van der Waals surface area contributed by atoms with Gasteiger partial charge in [-0.15, -0.1) is 0 Å². The largest absolute Gasteiger partial charge is 0.497 e. The molecule has 1 amide bonds. The minimum absolute atomic E-state index is 0.287. The molecule has 0 unspecified atom stereocenters. The maximum Gasteiger partial charge on any atom is 0.289 e. The number of ether oxygens (including phenoxy) is 3. The standard InChI is InChI=1S/C27H26N4O4/c1-18-4-6-19(7-5-18)17-35-22-10-8-20(9-11-22)24-15-25(30-29-24)27(32)31-28-16-21-14-23(33-2)12-13-26(21)34-3/h4-16H,17H2,1-3H3,(H,29,30)(H,31,32). The number of aromatic nitrogens is 2. The Morgan fingerprint density at radius 1 is 0.971 bits per heavy atom. The third-order valence-corrected chi connectivity index (χ3v) is 5.31. The van der Waals surface area contributed by atoms with Gasteiger partial charge in [-0.3, -0.25) is 9.89 Å². The number of rotatable bonds is 9. The van der Waals surface area contributed by atoms with Crippen molar-refractivity contribution in [2.45, 2.75) is 13.5 Å². The molecule has 0 saturated heterocycles. The van der Waals surface area contributed by atoms with Gasteiger partial charge in [-0.05, 0) is 61.0 Å². The van der Waals surface area contributed by atoms with Crippen LogP contribution in [0.5, 0.6) is 17.2 Å². The summed E-state index contributed by atoms with van der Waals surface area (Å²) in [7, 11) is 3.14. The zero-order chi connectivity index (χ0) is 24.6. The lowest BCUT2D eigenvalue weighted by Gasteiger charge is -2.07. The second-order valence-electron chi connectivity index (χ2n) is 7.77. The first-order valence-electron chi connectivity index (χ1n) is 11.0. The molecule has 1 heterocycles. The van der Waals surface area contributed by atoms with E-state index in [9.17, 15) is 4.79 Å². The number of benzene rings is 3. The van der Waals surface area contributed by atoms with Gasteiger partial charge in [0.05, 0.1) is 26.1 Å². The summed E-state index contributed by atoms with van der Waals surface area (Å²) < 4.78 is 16.4. The number of hydrogen-bond donors (Lipinski definition) is 2. The van der Waals surface area contributed by atoms with Crippen LogP contribution in [0, 0.1) is 6.92 Å². The SMILES string of the molecule is COc1ccc(OC)c(C=NNC(=O)c2cc(-c3ccc(OCc4ccc(C)cc4)cc3)n[nH]2)c1. The Morgan fingerprint density at radius 2 is 1.71 bits per heavy atom. The van der Waals surface area contributed by atoms with Crippen LogP contribution in [0.15, 0.2) is 77.9 Å². The van der Waals surface area contributed by atoms with Crippen LogP contribution >= 0.6 is 0 Å². The zero-order valence-corrected chi connectivity index (χ0v) is 19.7. The van der Waals surface area contributed by atoms with E-state index in [-0.39, 0.29) is 5.69 Å². The van der Waals surface area contributed by atoms with Crippen LogP contribution in [0.4, 0.5) is 0 Å². The van der Waals surface area contributed by atoms with Gasteiger partial charge in [0.2, 0.25) is 0 Å². The molecule has 0 spiro atoms. The maximum absolute atomic E-state index is 12.5. The molecule has 0 aliphatic rings. The molecule has 4 rings (SSSR count). The van der Waals surface area contributed by atoms with Crippen molar-refractivity contribution in [3.05, 3.63) is 95.2 Å². The van der Waals surface area contributed by atoms with E-state index >= 15 is 0 Å². The second-order valence-corrected chi connectivity index (χ2v) is 7.77. The molecule has 3 aromatic carbocycles. The van der Waals surface area contributed by atoms with Gasteiger partial charge in [-0.25, -0.2) is 5.43 Å². The van der Waals surface area contributed by atoms with E-state index in [1.807, 2.05) is 24.3 Å². The number of carbonyl (C=O) groups is 1. The molecule has 0 saturated carbocycles. The number of aromatic amines is 1. The van der Waals surface area contributed by atoms with E-state index < -0.39 is 5.91 Å². The van der Waals surface area contributed by atoms with Crippen molar-refractivity contribution in [2.75, 3.05) is 14.2 Å². The number of amides is 1. The summed E-state index contributed by atoms with van der Waals surface area (Å²) in [5, 5.41) is 11.0. The summed E-state index contributed by atoms with van der Waals surface area (Å²) in [6.45, 7) is 2.55. The molecule has 0 bridgehead atoms. The van der Waals surface area contributed by atoms with Crippen molar-refractivity contribution in [1.82, 2.24) is 15.6 Å². The Balaban J connectivity index is 1.35. The lowest BCUT2D eigenvalue weighted by Crippen LogP contribution is -2.18. The number of methoxy groups -OCH3 is 2. The summed E-state index contributed by atoms with van der Waals surface area (Å²) in [6, 6.07) is 22.8. The molecule has 4 aromatic rings. The summed E-state index contributed by atoms with van der Waals surface area (Å²) >= 11 is 0. The van der Waals surface area contributed by atoms with Crippen LogP contribution in [0.3, 0.4) is 0 Å². The molecule has 35 heavy (non-hydrogen) atoms. The summed E-state index contributed by atoms with van der Waals surface area (Å²) in [4.78, 5) is 12.5. The van der Waals surface area contributed by atoms with Crippen LogP contribution in [-0.2, 0) is 6.61 Å². The van der Waals surface area contributed by atoms with Crippen LogP contribution in [-0.4, -0.2) is 36.5 Å². The molecule has 0 atom stereocenters. The molecule has 8 heteroatoms. The minimum Gasteiger partial charge on any atom is -0.497 e. The Bertz CT molecular complexity index is 1310. The van der Waals surface area contributed by atoms with Crippen molar-refractivity contribution in [3.8, 4) is 28.5 Å². The Morgan fingerprint density at radius 3 is 2.43 bits per heavy atom. The molecule has 0 aliphatic heterocycles. The van der Waals surface area contributed by atoms with E-state index in [0.717, 1.165) is 16.9 Å². The van der Waals surface area contributed by atoms with Crippen molar-refractivity contribution in [1.29, 1.82) is 0 Å². The fourth-order valence-electron chi connectivity index (χ4n) is 3.32. The first kappa shape index (κ1) is 23.6. The van der Waals surface area contributed by atoms with Gasteiger partial charge in [0.1, 0.15) is 29.5 Å². The van der Waals surface area contributed by atoms with Crippen molar-refractivity contribution < 1.29 is 19.0 Å². The molecule has 8 nitrogen and oxygen atoms in total. The zero-order valence-electron chi connectivity index (χ0n) is 19.7. The summed E-state index contributed by atoms with van der Waals surface area (Å²) in [6.07, 6.45) is 1.49. The molecule has 0 fully saturated rings. The van der Waals surface area contributed by atoms with Gasteiger partial charge in [-0.2, -0.15) is 10.2 Å². The van der Waals surface area contributed by atoms with Crippen LogP contribution < -0.4 is 19.6 Å². The van der Waals surface area contributed by atoms with E-state index in [2.05, 4.69) is 51.9 Å². The van der Waals surface area contributed by atoms with Gasteiger partial charge in [0.25, 0.3) is 5.91 Å². The first-order chi connectivity index (χ1) is 17.1. The number of aryl methyl sites for hydroxylation is 1. The van der Waals surface area contributed by atoms with E-state index in [1.54, 1.807) is 38.5 Å². The fraction of sp³-hybridized carbons (Fsp3) is 0.148. The van der Waals surface area contributed by atoms with Crippen molar-refractivity contribution in [2.24, 2.45) is 5.10 Å². The average molecular weight is 471 g/mol. The number of nitrogens with zero attached hydrogens (tertiary/aromatic N) is 2. The first-order valence-corrected chi connectivity index (χ1v) is 11.0. The topological polar surface area (TPSA) is 97.8 Å². The highest BCUT2D eigenvalue weighted by Gasteiger charge is 2.11. The summed E-state index contributed by atoms with van der Waals surface area (Å²) in [5.41, 5.74) is 7.26. The van der Waals surface area contributed by atoms with Crippen LogP contribution in [0.2, 0.25) is 0 Å². The highest BCUT2D eigenvalue weighted by Crippen LogP contribution is 2.23. The average Bonchev–Trinajstić information content (AvgIpc) is 3.39. The minimum atomic E-state index is -0.417. The highest BCUT2D eigenvalue weighted by molar-refractivity contribution is 5.94. The lowest BCUT2D eigenvalue weighted by molar-refractivity contribution is 0.0950. The van der Waals surface area contributed by atoms with Crippen LogP contribution in [0.1, 0.15) is 27.2 Å². The van der Waals surface area contributed by atoms with Gasteiger partial charge < -0.3 is 14.2 Å². The molecule has 178 valence electrons. The second kappa shape index (κ2) is 11.0. The monoisotopic (exact) mass is 470 g/mol. The van der Waals surface area contributed by atoms with Gasteiger partial charge in [-0.1, -0.05) is 29.8 Å². The number of H-pyrrole nitrogens is 1. The summed E-state index contributed by atoms with van der Waals surface area (Å²) in [5.74, 6) is 1.60. The highest BCUT2D eigenvalue weighted by atomic mass is 16.5. The van der Waals surface area contributed by atoms with E-state index in [4.69, 9.17) is 14.2 Å². The number of hydrazone groups is 1. The molecule has 2 N–H and O–H groups in total. The smallest absolute Gasteiger partial charge is 0.289 e. The maximum atomic E-state index is 12.5. The van der Waals surface area contributed by atoms with Crippen LogP contribution in [0.25, 0.3) is 11.3 Å². The predicted octanol–water partition coefficient (Wildman–Crippen LogP) is 4.75. The van der Waals surface area contributed by atoms with Crippen molar-refractivity contribution >= 4 is 12.1 Å². The number of nitrogens with one attached hydrogen (secondary N) is 2. The molecule has 0 aliphatic carbocycles. The van der Waals surface area contributed by atoms with Gasteiger partial charge >= 0.3 is 0 Å². The number of hydrogen-bond acceptors (Lipinski definition) is 6. The fourth-order valence-corrected chi connectivity index (χ4v) is 3.32.